The lowest BCUT2D eigenvalue weighted by molar-refractivity contribution is -0.152. The summed E-state index contributed by atoms with van der Waals surface area (Å²) in [6.07, 6.45) is 1.77. The molecule has 6 heteroatoms. The minimum atomic E-state index is -0.459. The summed E-state index contributed by atoms with van der Waals surface area (Å²) < 4.78 is 0. The van der Waals surface area contributed by atoms with Crippen LogP contribution in [0.2, 0.25) is 0 Å². The summed E-state index contributed by atoms with van der Waals surface area (Å²) in [7, 11) is 0. The molecular weight excluding hydrogens is 388 g/mol. The Balaban J connectivity index is 1.44. The zero-order valence-corrected chi connectivity index (χ0v) is 17.4. The molecule has 1 aromatic heterocycles. The van der Waals surface area contributed by atoms with E-state index in [4.69, 9.17) is 0 Å². The molecule has 1 fully saturated rings. The smallest absolute Gasteiger partial charge is 0.312 e. The number of benzene rings is 2. The third-order valence-electron chi connectivity index (χ3n) is 5.44. The van der Waals surface area contributed by atoms with Crippen molar-refractivity contribution in [1.29, 1.82) is 0 Å². The van der Waals surface area contributed by atoms with Crippen LogP contribution in [0, 0.1) is 0 Å². The first-order valence-corrected chi connectivity index (χ1v) is 10.5. The molecule has 2 heterocycles. The molecule has 31 heavy (non-hydrogen) atoms. The highest BCUT2D eigenvalue weighted by Gasteiger charge is 2.30. The molecule has 2 aromatic carbocycles. The van der Waals surface area contributed by atoms with Gasteiger partial charge in [-0.3, -0.25) is 9.59 Å². The van der Waals surface area contributed by atoms with Gasteiger partial charge in [0.05, 0.1) is 0 Å². The molecule has 1 saturated heterocycles. The molecule has 0 unspecified atom stereocenters. The Morgan fingerprint density at radius 2 is 1.29 bits per heavy atom. The van der Waals surface area contributed by atoms with Crippen LogP contribution in [0.1, 0.15) is 11.1 Å². The fourth-order valence-corrected chi connectivity index (χ4v) is 3.76. The molecule has 0 bridgehead atoms. The largest absolute Gasteiger partial charge is 0.353 e. The van der Waals surface area contributed by atoms with Gasteiger partial charge in [-0.05, 0) is 23.3 Å². The maximum atomic E-state index is 13.2. The summed E-state index contributed by atoms with van der Waals surface area (Å²) >= 11 is 0. The van der Waals surface area contributed by atoms with E-state index in [9.17, 15) is 9.59 Å². The van der Waals surface area contributed by atoms with Gasteiger partial charge < -0.3 is 14.7 Å². The van der Waals surface area contributed by atoms with Crippen LogP contribution < -0.4 is 4.90 Å². The maximum absolute atomic E-state index is 13.2. The first-order chi connectivity index (χ1) is 15.2. The van der Waals surface area contributed by atoms with E-state index in [1.807, 2.05) is 78.9 Å². The molecule has 6 nitrogen and oxygen atoms in total. The minimum absolute atomic E-state index is 0.397. The molecule has 2 amide bonds. The maximum Gasteiger partial charge on any atom is 0.312 e. The number of hydrogen-bond donors (Lipinski definition) is 0. The molecule has 0 atom stereocenters. The van der Waals surface area contributed by atoms with E-state index >= 15 is 0 Å². The lowest BCUT2D eigenvalue weighted by Crippen LogP contribution is -2.53. The number of carbonyl (C=O) groups is 2. The Labute approximate surface area is 182 Å². The first kappa shape index (κ1) is 20.6. The predicted octanol–water partition coefficient (Wildman–Crippen LogP) is 2.96. The van der Waals surface area contributed by atoms with Gasteiger partial charge in [0.25, 0.3) is 0 Å². The lowest BCUT2D eigenvalue weighted by atomic mass is 10.1. The molecule has 158 valence electrons. The van der Waals surface area contributed by atoms with Gasteiger partial charge in [-0.2, -0.15) is 0 Å². The molecule has 0 N–H and O–H groups in total. The SMILES string of the molecule is O=C(C(=O)N(Cc1ccccc1)Cc1ccccc1)N1CCN(c2ccccn2)CC1. The zero-order chi connectivity index (χ0) is 21.5. The number of pyridine rings is 1. The third kappa shape index (κ3) is 5.28. The molecule has 1 aliphatic heterocycles. The van der Waals surface area contributed by atoms with E-state index in [1.54, 1.807) is 16.0 Å². The molecule has 4 rings (SSSR count). The van der Waals surface area contributed by atoms with Crippen LogP contribution >= 0.6 is 0 Å². The summed E-state index contributed by atoms with van der Waals surface area (Å²) in [6.45, 7) is 3.13. The van der Waals surface area contributed by atoms with E-state index in [-0.39, 0.29) is 0 Å². The quantitative estimate of drug-likeness (QED) is 0.603. The number of piperazine rings is 1. The molecule has 1 aliphatic rings. The van der Waals surface area contributed by atoms with Crippen LogP contribution in [0.25, 0.3) is 0 Å². The number of rotatable bonds is 5. The Morgan fingerprint density at radius 1 is 0.742 bits per heavy atom. The second kappa shape index (κ2) is 9.89. The van der Waals surface area contributed by atoms with Gasteiger partial charge in [-0.25, -0.2) is 4.98 Å². The number of amides is 2. The molecule has 0 saturated carbocycles. The Hall–Kier alpha value is -3.67. The Morgan fingerprint density at radius 3 is 1.81 bits per heavy atom. The van der Waals surface area contributed by atoms with Crippen molar-refractivity contribution in [3.63, 3.8) is 0 Å². The molecular formula is C25H26N4O2. The number of hydrogen-bond acceptors (Lipinski definition) is 4. The normalized spacial score (nSPS) is 13.7. The fourth-order valence-electron chi connectivity index (χ4n) is 3.76. The average Bonchev–Trinajstić information content (AvgIpc) is 2.85. The average molecular weight is 415 g/mol. The number of anilines is 1. The van der Waals surface area contributed by atoms with Crippen molar-refractivity contribution in [3.8, 4) is 0 Å². The highest BCUT2D eigenvalue weighted by atomic mass is 16.2. The van der Waals surface area contributed by atoms with Crippen molar-refractivity contribution in [2.75, 3.05) is 31.1 Å². The number of carbonyl (C=O) groups excluding carboxylic acids is 2. The lowest BCUT2D eigenvalue weighted by Gasteiger charge is -2.36. The van der Waals surface area contributed by atoms with Crippen LogP contribution in [0.15, 0.2) is 85.1 Å². The van der Waals surface area contributed by atoms with Crippen molar-refractivity contribution >= 4 is 17.6 Å². The van der Waals surface area contributed by atoms with Gasteiger partial charge >= 0.3 is 11.8 Å². The van der Waals surface area contributed by atoms with Crippen molar-refractivity contribution < 1.29 is 9.59 Å². The van der Waals surface area contributed by atoms with Crippen LogP contribution in [-0.4, -0.2) is 52.8 Å². The Bertz CT molecular complexity index is 946. The van der Waals surface area contributed by atoms with E-state index in [1.165, 1.54) is 0 Å². The highest BCUT2D eigenvalue weighted by molar-refractivity contribution is 6.34. The minimum Gasteiger partial charge on any atom is -0.353 e. The summed E-state index contributed by atoms with van der Waals surface area (Å²) in [5.41, 5.74) is 2.00. The topological polar surface area (TPSA) is 56.8 Å². The summed E-state index contributed by atoms with van der Waals surface area (Å²) in [6, 6.07) is 25.4. The van der Waals surface area contributed by atoms with E-state index in [0.717, 1.165) is 16.9 Å². The summed E-state index contributed by atoms with van der Waals surface area (Å²) in [5.74, 6) is 0.00207. The van der Waals surface area contributed by atoms with E-state index < -0.39 is 11.8 Å². The molecule has 0 radical (unpaired) electrons. The van der Waals surface area contributed by atoms with Crippen molar-refractivity contribution in [1.82, 2.24) is 14.8 Å². The monoisotopic (exact) mass is 414 g/mol. The molecule has 0 aliphatic carbocycles. The number of aromatic nitrogens is 1. The predicted molar refractivity (Wildman–Crippen MR) is 120 cm³/mol. The second-order valence-electron chi connectivity index (χ2n) is 7.60. The van der Waals surface area contributed by atoms with Crippen LogP contribution in [0.4, 0.5) is 5.82 Å². The van der Waals surface area contributed by atoms with Crippen LogP contribution in [-0.2, 0) is 22.7 Å². The van der Waals surface area contributed by atoms with Gasteiger partial charge in [-0.15, -0.1) is 0 Å². The van der Waals surface area contributed by atoms with Crippen LogP contribution in [0.3, 0.4) is 0 Å². The number of nitrogens with zero attached hydrogens (tertiary/aromatic N) is 4. The van der Waals surface area contributed by atoms with Gasteiger partial charge in [0.2, 0.25) is 0 Å². The fraction of sp³-hybridized carbons (Fsp3) is 0.240. The first-order valence-electron chi connectivity index (χ1n) is 10.5. The summed E-state index contributed by atoms with van der Waals surface area (Å²) in [5, 5.41) is 0. The van der Waals surface area contributed by atoms with Gasteiger partial charge in [0.1, 0.15) is 5.82 Å². The standard InChI is InChI=1S/C25H26N4O2/c30-24(28-17-15-27(16-18-28)23-13-7-8-14-26-23)25(31)29(19-21-9-3-1-4-10-21)20-22-11-5-2-6-12-22/h1-14H,15-20H2. The van der Waals surface area contributed by atoms with E-state index in [2.05, 4.69) is 9.88 Å². The van der Waals surface area contributed by atoms with Crippen molar-refractivity contribution in [3.05, 3.63) is 96.2 Å². The van der Waals surface area contributed by atoms with E-state index in [0.29, 0.717) is 39.3 Å². The summed E-state index contributed by atoms with van der Waals surface area (Å²) in [4.78, 5) is 36.1. The molecule has 0 spiro atoms. The Kier molecular flexibility index (Phi) is 6.57. The van der Waals surface area contributed by atoms with Crippen molar-refractivity contribution in [2.45, 2.75) is 13.1 Å². The van der Waals surface area contributed by atoms with Gasteiger partial charge in [-0.1, -0.05) is 66.7 Å². The van der Waals surface area contributed by atoms with Gasteiger partial charge in [0.15, 0.2) is 0 Å². The third-order valence-corrected chi connectivity index (χ3v) is 5.44. The zero-order valence-electron chi connectivity index (χ0n) is 17.4. The van der Waals surface area contributed by atoms with Crippen molar-refractivity contribution in [2.24, 2.45) is 0 Å². The second-order valence-corrected chi connectivity index (χ2v) is 7.60. The highest BCUT2D eigenvalue weighted by Crippen LogP contribution is 2.15. The molecule has 3 aromatic rings. The van der Waals surface area contributed by atoms with Gasteiger partial charge in [0, 0.05) is 45.5 Å². The van der Waals surface area contributed by atoms with Crippen LogP contribution in [0.5, 0.6) is 0 Å².